The average molecular weight is 320 g/mol. The number of rotatable bonds is 4. The highest BCUT2D eigenvalue weighted by molar-refractivity contribution is 6.83. The third kappa shape index (κ3) is 8.92. The van der Waals surface area contributed by atoms with E-state index in [1.807, 2.05) is 6.55 Å². The van der Waals surface area contributed by atoms with Gasteiger partial charge >= 0.3 is 0 Å². The molecule has 1 aromatic rings. The molecule has 0 N–H and O–H groups in total. The van der Waals surface area contributed by atoms with E-state index in [0.717, 1.165) is 17.2 Å². The van der Waals surface area contributed by atoms with Crippen LogP contribution in [0.25, 0.3) is 0 Å². The van der Waals surface area contributed by atoms with Crippen LogP contribution in [0.15, 0.2) is 24.3 Å². The topological polar surface area (TPSA) is 9.23 Å². The highest BCUT2D eigenvalue weighted by Gasteiger charge is 2.17. The van der Waals surface area contributed by atoms with E-state index in [0.29, 0.717) is 6.61 Å². The zero-order valence-corrected chi connectivity index (χ0v) is 16.6. The standard InChI is InChI=1S/C18H30OSi2/c1-18(2,3)15-20(4)19-14-17-10-8-16(9-11-17)12-13-21(5,6)7/h8-11,20H,14-15H2,1-7H3/i20D. The van der Waals surface area contributed by atoms with Gasteiger partial charge in [0.1, 0.15) is 8.07 Å². The average Bonchev–Trinajstić information content (AvgIpc) is 2.31. The van der Waals surface area contributed by atoms with Gasteiger partial charge in [0.25, 0.3) is 0 Å². The molecule has 0 aromatic heterocycles. The van der Waals surface area contributed by atoms with Crippen molar-refractivity contribution in [3.05, 3.63) is 35.4 Å². The Hall–Kier alpha value is -0.826. The zero-order valence-electron chi connectivity index (χ0n) is 15.6. The molecule has 116 valence electrons. The number of benzene rings is 1. The molecular weight excluding hydrogens is 288 g/mol. The van der Waals surface area contributed by atoms with Crippen molar-refractivity contribution in [1.82, 2.24) is 0 Å². The Morgan fingerprint density at radius 3 is 2.24 bits per heavy atom. The molecule has 0 spiro atoms. The number of hydrogen-bond donors (Lipinski definition) is 0. The Morgan fingerprint density at radius 2 is 1.76 bits per heavy atom. The Labute approximate surface area is 135 Å². The Morgan fingerprint density at radius 1 is 1.19 bits per heavy atom. The summed E-state index contributed by atoms with van der Waals surface area (Å²) in [5.41, 5.74) is 5.71. The van der Waals surface area contributed by atoms with Crippen molar-refractivity contribution in [3.63, 3.8) is 0 Å². The van der Waals surface area contributed by atoms with Crippen LogP contribution in [0.3, 0.4) is 0 Å². The highest BCUT2D eigenvalue weighted by Crippen LogP contribution is 2.22. The molecule has 21 heavy (non-hydrogen) atoms. The van der Waals surface area contributed by atoms with E-state index in [1.165, 1.54) is 0 Å². The molecular formula is C18H30OSi2. The molecule has 0 saturated heterocycles. The van der Waals surface area contributed by atoms with Crippen LogP contribution < -0.4 is 0 Å². The van der Waals surface area contributed by atoms with Crippen LogP contribution in [0.5, 0.6) is 0 Å². The first-order valence-electron chi connectivity index (χ1n) is 8.12. The van der Waals surface area contributed by atoms with Crippen molar-refractivity contribution < 1.29 is 4.43 Å². The maximum absolute atomic E-state index is 8.41. The molecule has 0 saturated carbocycles. The quantitative estimate of drug-likeness (QED) is 0.570. The van der Waals surface area contributed by atoms with E-state index in [9.17, 15) is 0 Å². The van der Waals surface area contributed by atoms with Crippen LogP contribution in [0.2, 0.25) is 32.2 Å². The second-order valence-electron chi connectivity index (χ2n) is 7.93. The lowest BCUT2D eigenvalue weighted by atomic mass is 10.0. The lowest BCUT2D eigenvalue weighted by molar-refractivity contribution is 0.297. The predicted molar refractivity (Wildman–Crippen MR) is 98.7 cm³/mol. The molecule has 0 amide bonds. The van der Waals surface area contributed by atoms with E-state index in [1.54, 1.807) is 0 Å². The first kappa shape index (κ1) is 16.5. The van der Waals surface area contributed by atoms with Crippen LogP contribution in [0.4, 0.5) is 0 Å². The van der Waals surface area contributed by atoms with E-state index in [4.69, 9.17) is 5.66 Å². The second-order valence-corrected chi connectivity index (χ2v) is 14.7. The van der Waals surface area contributed by atoms with Crippen molar-refractivity contribution in [2.24, 2.45) is 5.41 Å². The van der Waals surface area contributed by atoms with E-state index >= 15 is 0 Å². The van der Waals surface area contributed by atoms with Gasteiger partial charge in [0, 0.05) is 6.80 Å². The molecule has 1 rings (SSSR count). The maximum Gasteiger partial charge on any atom is 0.174 e. The van der Waals surface area contributed by atoms with Gasteiger partial charge in [-0.05, 0) is 35.7 Å². The summed E-state index contributed by atoms with van der Waals surface area (Å²) < 4.78 is 14.3. The normalized spacial score (nSPS) is 15.7. The summed E-state index contributed by atoms with van der Waals surface area (Å²) in [6.45, 7) is 15.8. The molecule has 0 heterocycles. The summed E-state index contributed by atoms with van der Waals surface area (Å²) in [7, 11) is -3.67. The Bertz CT molecular complexity index is 540. The molecule has 0 aliphatic carbocycles. The maximum atomic E-state index is 8.41. The van der Waals surface area contributed by atoms with Crippen molar-refractivity contribution in [2.45, 2.75) is 59.6 Å². The van der Waals surface area contributed by atoms with Crippen LogP contribution >= 0.6 is 0 Å². The lowest BCUT2D eigenvalue weighted by Gasteiger charge is -2.22. The highest BCUT2D eigenvalue weighted by atomic mass is 28.3. The fourth-order valence-corrected chi connectivity index (χ4v) is 4.48. The summed E-state index contributed by atoms with van der Waals surface area (Å²) in [4.78, 5) is 0. The van der Waals surface area contributed by atoms with Crippen molar-refractivity contribution in [2.75, 3.05) is 0 Å². The SMILES string of the molecule is [2H][Si](C)(CC(C)(C)C)OCc1ccc(C#C[Si](C)(C)C)cc1. The van der Waals surface area contributed by atoms with Gasteiger partial charge in [-0.3, -0.25) is 0 Å². The van der Waals surface area contributed by atoms with E-state index < -0.39 is 17.0 Å². The molecule has 0 aliphatic rings. The van der Waals surface area contributed by atoms with E-state index in [2.05, 4.69) is 76.1 Å². The van der Waals surface area contributed by atoms with Gasteiger partial charge in [-0.15, -0.1) is 5.54 Å². The Kier molecular flexibility index (Phi) is 5.86. The molecule has 1 nitrogen and oxygen atoms in total. The van der Waals surface area contributed by atoms with Gasteiger partial charge in [0.2, 0.25) is 0 Å². The predicted octanol–water partition coefficient (Wildman–Crippen LogP) is 4.83. The molecule has 1 atom stereocenters. The summed E-state index contributed by atoms with van der Waals surface area (Å²) in [6.07, 6.45) is 0. The van der Waals surface area contributed by atoms with Crippen LogP contribution in [0, 0.1) is 16.9 Å². The summed E-state index contributed by atoms with van der Waals surface area (Å²) >= 11 is 0. The fourth-order valence-electron chi connectivity index (χ4n) is 1.95. The minimum atomic E-state index is -2.35. The van der Waals surface area contributed by atoms with Crippen molar-refractivity contribution >= 4 is 17.0 Å². The first-order chi connectivity index (χ1) is 9.86. The molecule has 0 aliphatic heterocycles. The van der Waals surface area contributed by atoms with Crippen LogP contribution in [-0.4, -0.2) is 18.3 Å². The summed E-state index contributed by atoms with van der Waals surface area (Å²) in [5.74, 6) is 3.26. The van der Waals surface area contributed by atoms with Crippen molar-refractivity contribution in [3.8, 4) is 11.5 Å². The van der Waals surface area contributed by atoms with Gasteiger partial charge in [0.15, 0.2) is 8.97 Å². The fraction of sp³-hybridized carbons (Fsp3) is 0.556. The third-order valence-corrected chi connectivity index (χ3v) is 5.87. The molecule has 0 radical (unpaired) electrons. The van der Waals surface area contributed by atoms with Crippen LogP contribution in [0.1, 0.15) is 31.9 Å². The Balaban J connectivity index is 2.63. The molecule has 0 fully saturated rings. The van der Waals surface area contributed by atoms with Crippen molar-refractivity contribution in [1.29, 1.82) is 1.23 Å². The molecule has 0 bridgehead atoms. The lowest BCUT2D eigenvalue weighted by Crippen LogP contribution is -2.21. The molecule has 3 heteroatoms. The molecule has 1 unspecified atom stereocenters. The third-order valence-electron chi connectivity index (χ3n) is 2.80. The summed E-state index contributed by atoms with van der Waals surface area (Å²) in [5, 5.41) is 0. The second kappa shape index (κ2) is 7.44. The van der Waals surface area contributed by atoms with Gasteiger partial charge in [0.05, 0.1) is 6.61 Å². The zero-order chi connectivity index (χ0) is 17.0. The van der Waals surface area contributed by atoms with E-state index in [-0.39, 0.29) is 5.41 Å². The number of hydrogen-bond acceptors (Lipinski definition) is 1. The first-order valence-corrected chi connectivity index (χ1v) is 13.2. The van der Waals surface area contributed by atoms with Gasteiger partial charge < -0.3 is 4.43 Å². The molecule has 1 aromatic carbocycles. The largest absolute Gasteiger partial charge is 0.416 e. The van der Waals surface area contributed by atoms with Crippen LogP contribution in [-0.2, 0) is 11.0 Å². The monoisotopic (exact) mass is 319 g/mol. The summed E-state index contributed by atoms with van der Waals surface area (Å²) in [6, 6.07) is 9.09. The van der Waals surface area contributed by atoms with Gasteiger partial charge in [-0.1, -0.05) is 58.5 Å². The minimum absolute atomic E-state index is 0.152. The van der Waals surface area contributed by atoms with Gasteiger partial charge in [-0.25, -0.2) is 0 Å². The smallest absolute Gasteiger partial charge is 0.174 e. The minimum Gasteiger partial charge on any atom is -0.416 e. The van der Waals surface area contributed by atoms with Gasteiger partial charge in [-0.2, -0.15) is 0 Å².